The lowest BCUT2D eigenvalue weighted by atomic mass is 9.88. The molecule has 2 amide bonds. The van der Waals surface area contributed by atoms with Crippen LogP contribution in [0.1, 0.15) is 48.0 Å². The van der Waals surface area contributed by atoms with Gasteiger partial charge in [-0.3, -0.25) is 14.9 Å². The second-order valence-corrected chi connectivity index (χ2v) is 7.32. The van der Waals surface area contributed by atoms with Crippen LogP contribution in [0.15, 0.2) is 42.5 Å². The Kier molecular flexibility index (Phi) is 6.93. The Morgan fingerprint density at radius 2 is 1.79 bits per heavy atom. The van der Waals surface area contributed by atoms with Crippen molar-refractivity contribution < 1.29 is 19.1 Å². The fraction of sp³-hybridized carbons (Fsp3) is 0.364. The van der Waals surface area contributed by atoms with Crippen molar-refractivity contribution in [1.29, 1.82) is 0 Å². The van der Waals surface area contributed by atoms with Gasteiger partial charge in [0.1, 0.15) is 6.61 Å². The normalized spacial score (nSPS) is 14.4. The number of amides is 2. The molecule has 0 atom stereocenters. The lowest BCUT2D eigenvalue weighted by Gasteiger charge is -2.20. The molecule has 3 rings (SSSR count). The third-order valence-corrected chi connectivity index (χ3v) is 5.26. The van der Waals surface area contributed by atoms with Crippen molar-refractivity contribution in [1.82, 2.24) is 5.32 Å². The molecule has 148 valence electrons. The molecule has 0 heterocycles. The Hall–Kier alpha value is -2.53. The molecule has 0 unspecified atom stereocenters. The van der Waals surface area contributed by atoms with Crippen LogP contribution >= 0.6 is 11.6 Å². The number of carbonyl (C=O) groups excluding carboxylic acids is 2. The molecule has 2 aromatic rings. The van der Waals surface area contributed by atoms with E-state index in [0.717, 1.165) is 37.7 Å². The van der Waals surface area contributed by atoms with Crippen molar-refractivity contribution in [3.63, 3.8) is 0 Å². The number of nitrogens with one attached hydrogen (secondary N) is 1. The number of hydrogen-bond acceptors (Lipinski definition) is 4. The first-order chi connectivity index (χ1) is 13.6. The molecular formula is C22H24ClNO4. The van der Waals surface area contributed by atoms with Crippen LogP contribution in [0.4, 0.5) is 0 Å². The summed E-state index contributed by atoms with van der Waals surface area (Å²) < 4.78 is 11.2. The van der Waals surface area contributed by atoms with Crippen LogP contribution in [-0.4, -0.2) is 18.9 Å². The summed E-state index contributed by atoms with van der Waals surface area (Å²) in [4.78, 5) is 25.0. The molecule has 28 heavy (non-hydrogen) atoms. The maximum Gasteiger partial charge on any atom is 0.259 e. The average molecular weight is 402 g/mol. The summed E-state index contributed by atoms with van der Waals surface area (Å²) >= 11 is 6.25. The maximum atomic E-state index is 12.6. The molecule has 2 aromatic carbocycles. The maximum absolute atomic E-state index is 12.6. The van der Waals surface area contributed by atoms with E-state index in [4.69, 9.17) is 21.1 Å². The van der Waals surface area contributed by atoms with E-state index in [9.17, 15) is 9.59 Å². The molecule has 0 radical (unpaired) electrons. The van der Waals surface area contributed by atoms with E-state index >= 15 is 0 Å². The summed E-state index contributed by atoms with van der Waals surface area (Å²) in [6, 6.07) is 12.7. The Labute approximate surface area is 170 Å². The molecule has 1 aliphatic carbocycles. The van der Waals surface area contributed by atoms with Gasteiger partial charge in [0.05, 0.1) is 17.7 Å². The Morgan fingerprint density at radius 3 is 2.46 bits per heavy atom. The van der Waals surface area contributed by atoms with Gasteiger partial charge in [0.25, 0.3) is 5.91 Å². The summed E-state index contributed by atoms with van der Waals surface area (Å²) in [6.07, 6.45) is 4.83. The minimum atomic E-state index is -0.521. The summed E-state index contributed by atoms with van der Waals surface area (Å²) in [6.45, 7) is 0.320. The minimum absolute atomic E-state index is 0.108. The first-order valence-electron chi connectivity index (χ1n) is 9.48. The smallest absolute Gasteiger partial charge is 0.259 e. The molecule has 0 aromatic heterocycles. The number of methoxy groups -OCH3 is 1. The molecule has 0 spiro atoms. The summed E-state index contributed by atoms with van der Waals surface area (Å²) in [5.41, 5.74) is 1.17. The van der Waals surface area contributed by atoms with E-state index in [2.05, 4.69) is 5.32 Å². The van der Waals surface area contributed by atoms with Crippen LogP contribution in [0.25, 0.3) is 0 Å². The van der Waals surface area contributed by atoms with E-state index in [-0.39, 0.29) is 22.4 Å². The van der Waals surface area contributed by atoms with Gasteiger partial charge < -0.3 is 9.47 Å². The van der Waals surface area contributed by atoms with Crippen LogP contribution in [0.2, 0.25) is 5.02 Å². The predicted octanol–water partition coefficient (Wildman–Crippen LogP) is 4.76. The third kappa shape index (κ3) is 5.04. The van der Waals surface area contributed by atoms with Gasteiger partial charge in [0.2, 0.25) is 5.91 Å². The lowest BCUT2D eigenvalue weighted by molar-refractivity contribution is -0.124. The molecule has 0 saturated heterocycles. The Morgan fingerprint density at radius 1 is 1.07 bits per heavy atom. The van der Waals surface area contributed by atoms with Gasteiger partial charge in [0.15, 0.2) is 11.5 Å². The average Bonchev–Trinajstić information content (AvgIpc) is 2.73. The van der Waals surface area contributed by atoms with Gasteiger partial charge in [-0.25, -0.2) is 0 Å². The molecule has 1 saturated carbocycles. The van der Waals surface area contributed by atoms with Gasteiger partial charge in [-0.05, 0) is 24.5 Å². The zero-order chi connectivity index (χ0) is 19.9. The molecule has 6 heteroatoms. The Bertz CT molecular complexity index is 832. The summed E-state index contributed by atoms with van der Waals surface area (Å²) in [5, 5.41) is 2.69. The largest absolute Gasteiger partial charge is 0.493 e. The number of rotatable bonds is 6. The monoisotopic (exact) mass is 401 g/mol. The van der Waals surface area contributed by atoms with E-state index in [1.165, 1.54) is 19.2 Å². The van der Waals surface area contributed by atoms with E-state index in [0.29, 0.717) is 18.1 Å². The molecule has 1 N–H and O–H groups in total. The molecule has 0 bridgehead atoms. The molecular weight excluding hydrogens is 378 g/mol. The van der Waals surface area contributed by atoms with Crippen molar-refractivity contribution in [3.05, 3.63) is 58.6 Å². The van der Waals surface area contributed by atoms with Crippen molar-refractivity contribution in [2.45, 2.75) is 38.7 Å². The number of ether oxygens (including phenoxy) is 2. The SMILES string of the molecule is COc1cc(Cl)c(C(=O)NC(=O)C2CCCCC2)cc1OCc1ccccc1. The topological polar surface area (TPSA) is 64.6 Å². The number of hydrogen-bond donors (Lipinski definition) is 1. The van der Waals surface area contributed by atoms with E-state index < -0.39 is 5.91 Å². The highest BCUT2D eigenvalue weighted by Gasteiger charge is 2.24. The highest BCUT2D eigenvalue weighted by molar-refractivity contribution is 6.34. The second-order valence-electron chi connectivity index (χ2n) is 6.91. The van der Waals surface area contributed by atoms with Gasteiger partial charge in [0, 0.05) is 12.0 Å². The number of halogens is 1. The first kappa shape index (κ1) is 20.2. The summed E-state index contributed by atoms with van der Waals surface area (Å²) in [7, 11) is 1.51. The number of imide groups is 1. The second kappa shape index (κ2) is 9.60. The lowest BCUT2D eigenvalue weighted by Crippen LogP contribution is -2.36. The highest BCUT2D eigenvalue weighted by atomic mass is 35.5. The van der Waals surface area contributed by atoms with Crippen LogP contribution in [0.3, 0.4) is 0 Å². The van der Waals surface area contributed by atoms with Crippen molar-refractivity contribution >= 4 is 23.4 Å². The standard InChI is InChI=1S/C22H24ClNO4/c1-27-19-13-18(23)17(12-20(19)28-14-15-8-4-2-5-9-15)22(26)24-21(25)16-10-6-3-7-11-16/h2,4-5,8-9,12-13,16H,3,6-7,10-11,14H2,1H3,(H,24,25,26). The third-order valence-electron chi connectivity index (χ3n) is 4.95. The molecule has 0 aliphatic heterocycles. The molecule has 1 aliphatic rings. The van der Waals surface area contributed by atoms with Gasteiger partial charge in [-0.2, -0.15) is 0 Å². The molecule has 5 nitrogen and oxygen atoms in total. The van der Waals surface area contributed by atoms with Gasteiger partial charge >= 0.3 is 0 Å². The predicted molar refractivity (Wildman–Crippen MR) is 108 cm³/mol. The van der Waals surface area contributed by atoms with E-state index in [1.807, 2.05) is 30.3 Å². The fourth-order valence-corrected chi connectivity index (χ4v) is 3.60. The summed E-state index contributed by atoms with van der Waals surface area (Å²) in [5.74, 6) is -0.0400. The van der Waals surface area contributed by atoms with Crippen LogP contribution in [0, 0.1) is 5.92 Å². The zero-order valence-corrected chi connectivity index (χ0v) is 16.6. The molecule has 1 fully saturated rings. The van der Waals surface area contributed by atoms with Gasteiger partial charge in [-0.1, -0.05) is 61.2 Å². The Balaban J connectivity index is 1.74. The van der Waals surface area contributed by atoms with Gasteiger partial charge in [-0.15, -0.1) is 0 Å². The van der Waals surface area contributed by atoms with Crippen LogP contribution in [-0.2, 0) is 11.4 Å². The van der Waals surface area contributed by atoms with Crippen molar-refractivity contribution in [2.24, 2.45) is 5.92 Å². The van der Waals surface area contributed by atoms with E-state index in [1.54, 1.807) is 0 Å². The fourth-order valence-electron chi connectivity index (χ4n) is 3.36. The first-order valence-corrected chi connectivity index (χ1v) is 9.85. The number of carbonyl (C=O) groups is 2. The van der Waals surface area contributed by atoms with Crippen molar-refractivity contribution in [3.8, 4) is 11.5 Å². The zero-order valence-electron chi connectivity index (χ0n) is 15.9. The van der Waals surface area contributed by atoms with Crippen molar-refractivity contribution in [2.75, 3.05) is 7.11 Å². The minimum Gasteiger partial charge on any atom is -0.493 e. The van der Waals surface area contributed by atoms with Crippen LogP contribution in [0.5, 0.6) is 11.5 Å². The highest BCUT2D eigenvalue weighted by Crippen LogP contribution is 2.34. The van der Waals surface area contributed by atoms with Crippen LogP contribution < -0.4 is 14.8 Å². The quantitative estimate of drug-likeness (QED) is 0.708. The number of benzene rings is 2.